The predicted octanol–water partition coefficient (Wildman–Crippen LogP) is 4.06. The molecule has 3 heterocycles. The number of aromatic nitrogens is 1. The van der Waals surface area contributed by atoms with Gasteiger partial charge >= 0.3 is 0 Å². The fourth-order valence-electron chi connectivity index (χ4n) is 4.16. The van der Waals surface area contributed by atoms with Crippen LogP contribution in [0.25, 0.3) is 0 Å². The molecule has 2 aliphatic rings. The van der Waals surface area contributed by atoms with Crippen LogP contribution in [-0.4, -0.2) is 59.9 Å². The smallest absolute Gasteiger partial charge is 0.231 e. The van der Waals surface area contributed by atoms with E-state index in [9.17, 15) is 9.59 Å². The van der Waals surface area contributed by atoms with Gasteiger partial charge in [0.15, 0.2) is 11.5 Å². The maximum atomic E-state index is 12.7. The first kappa shape index (κ1) is 26.9. The van der Waals surface area contributed by atoms with E-state index in [1.807, 2.05) is 48.2 Å². The van der Waals surface area contributed by atoms with Crippen molar-refractivity contribution in [2.75, 3.05) is 38.7 Å². The zero-order chi connectivity index (χ0) is 26.7. The Morgan fingerprint density at radius 2 is 1.71 bits per heavy atom. The molecule has 0 saturated carbocycles. The Hall–Kier alpha value is -4.11. The van der Waals surface area contributed by atoms with Gasteiger partial charge in [-0.25, -0.2) is 4.98 Å². The Labute approximate surface area is 223 Å². The first-order valence-electron chi connectivity index (χ1n) is 12.8. The number of rotatable bonds is 8. The van der Waals surface area contributed by atoms with Crippen molar-refractivity contribution >= 4 is 17.9 Å². The summed E-state index contributed by atoms with van der Waals surface area (Å²) in [7, 11) is 0. The highest BCUT2D eigenvalue weighted by Crippen LogP contribution is 2.33. The third-order valence-electron chi connectivity index (χ3n) is 6.27. The Morgan fingerprint density at radius 3 is 2.39 bits per heavy atom. The summed E-state index contributed by atoms with van der Waals surface area (Å²) in [5, 5.41) is 0. The molecular formula is C29H34N4O5. The second kappa shape index (κ2) is 13.4. The second-order valence-corrected chi connectivity index (χ2v) is 9.10. The Kier molecular flexibility index (Phi) is 9.53. The lowest BCUT2D eigenvalue weighted by molar-refractivity contribution is -0.133. The number of amides is 1. The van der Waals surface area contributed by atoms with Crippen molar-refractivity contribution in [1.29, 1.82) is 0 Å². The Bertz CT molecular complexity index is 1190. The van der Waals surface area contributed by atoms with E-state index < -0.39 is 0 Å². The van der Waals surface area contributed by atoms with Crippen molar-refractivity contribution in [2.24, 2.45) is 0 Å². The van der Waals surface area contributed by atoms with Gasteiger partial charge in [0.2, 0.25) is 18.6 Å². The number of carbonyl (C=O) groups is 2. The maximum Gasteiger partial charge on any atom is 0.231 e. The number of nitrogen functional groups attached to an aromatic ring is 1. The van der Waals surface area contributed by atoms with Gasteiger partial charge in [-0.2, -0.15) is 0 Å². The van der Waals surface area contributed by atoms with Crippen LogP contribution < -0.4 is 19.9 Å². The van der Waals surface area contributed by atoms with Gasteiger partial charge in [0, 0.05) is 51.6 Å². The monoisotopic (exact) mass is 518 g/mol. The number of carbonyl (C=O) groups excluding carboxylic acids is 2. The fraction of sp³-hybridized carbons (Fsp3) is 0.345. The molecule has 0 bridgehead atoms. The molecule has 200 valence electrons. The average molecular weight is 519 g/mol. The van der Waals surface area contributed by atoms with Crippen LogP contribution in [0, 0.1) is 0 Å². The number of ether oxygens (including phenoxy) is 3. The van der Waals surface area contributed by atoms with Crippen LogP contribution in [-0.2, 0) is 22.6 Å². The highest BCUT2D eigenvalue weighted by atomic mass is 16.7. The molecule has 1 aromatic heterocycles. The predicted molar refractivity (Wildman–Crippen MR) is 144 cm³/mol. The SMILES string of the molecule is CCC=O.Nc1ccc(Oc2ccc(CCC(=O)N3CCN(Cc4ccc5c(c4)OCO5)CC3)cc2)nc1. The fourth-order valence-corrected chi connectivity index (χ4v) is 4.16. The summed E-state index contributed by atoms with van der Waals surface area (Å²) in [5.74, 6) is 3.02. The molecular weight excluding hydrogens is 484 g/mol. The summed E-state index contributed by atoms with van der Waals surface area (Å²) in [4.78, 5) is 30.4. The molecule has 1 fully saturated rings. The summed E-state index contributed by atoms with van der Waals surface area (Å²) < 4.78 is 16.6. The average Bonchev–Trinajstić information content (AvgIpc) is 3.42. The molecule has 2 aliphatic heterocycles. The van der Waals surface area contributed by atoms with Gasteiger partial charge in [-0.05, 0) is 47.9 Å². The van der Waals surface area contributed by atoms with E-state index in [1.165, 1.54) is 5.56 Å². The number of fused-ring (bicyclic) bond motifs is 1. The van der Waals surface area contributed by atoms with E-state index in [-0.39, 0.29) is 5.91 Å². The number of nitrogens with two attached hydrogens (primary N) is 1. The molecule has 5 rings (SSSR count). The quantitative estimate of drug-likeness (QED) is 0.445. The third-order valence-corrected chi connectivity index (χ3v) is 6.27. The van der Waals surface area contributed by atoms with Gasteiger partial charge in [0.1, 0.15) is 12.0 Å². The third kappa shape index (κ3) is 7.69. The topological polar surface area (TPSA) is 107 Å². The van der Waals surface area contributed by atoms with Crippen molar-refractivity contribution in [2.45, 2.75) is 32.7 Å². The lowest BCUT2D eigenvalue weighted by Crippen LogP contribution is -2.48. The lowest BCUT2D eigenvalue weighted by atomic mass is 10.1. The Morgan fingerprint density at radius 1 is 1.00 bits per heavy atom. The number of hydrogen-bond acceptors (Lipinski definition) is 8. The second-order valence-electron chi connectivity index (χ2n) is 9.10. The van der Waals surface area contributed by atoms with Crippen LogP contribution >= 0.6 is 0 Å². The minimum Gasteiger partial charge on any atom is -0.454 e. The van der Waals surface area contributed by atoms with Gasteiger partial charge in [-0.3, -0.25) is 9.69 Å². The van der Waals surface area contributed by atoms with E-state index in [1.54, 1.807) is 18.3 Å². The lowest BCUT2D eigenvalue weighted by Gasteiger charge is -2.34. The number of pyridine rings is 1. The van der Waals surface area contributed by atoms with Crippen molar-refractivity contribution < 1.29 is 23.8 Å². The first-order valence-corrected chi connectivity index (χ1v) is 12.8. The first-order chi connectivity index (χ1) is 18.5. The van der Waals surface area contributed by atoms with E-state index in [0.29, 0.717) is 43.4 Å². The summed E-state index contributed by atoms with van der Waals surface area (Å²) in [6.07, 6.45) is 4.28. The summed E-state index contributed by atoms with van der Waals surface area (Å²) in [6, 6.07) is 17.3. The number of aldehydes is 1. The molecule has 0 spiro atoms. The maximum absolute atomic E-state index is 12.7. The van der Waals surface area contributed by atoms with E-state index in [0.717, 1.165) is 56.1 Å². The molecule has 9 nitrogen and oxygen atoms in total. The van der Waals surface area contributed by atoms with E-state index >= 15 is 0 Å². The molecule has 0 atom stereocenters. The van der Waals surface area contributed by atoms with Crippen LogP contribution in [0.2, 0.25) is 0 Å². The summed E-state index contributed by atoms with van der Waals surface area (Å²) in [5.41, 5.74) is 8.54. The molecule has 1 amide bonds. The van der Waals surface area contributed by atoms with Crippen molar-refractivity contribution in [3.8, 4) is 23.1 Å². The van der Waals surface area contributed by atoms with Crippen LogP contribution in [0.5, 0.6) is 23.1 Å². The van der Waals surface area contributed by atoms with Crippen molar-refractivity contribution in [1.82, 2.24) is 14.8 Å². The minimum absolute atomic E-state index is 0.203. The van der Waals surface area contributed by atoms with Gasteiger partial charge in [-0.15, -0.1) is 0 Å². The molecule has 2 N–H and O–H groups in total. The van der Waals surface area contributed by atoms with Crippen molar-refractivity contribution in [3.05, 3.63) is 71.9 Å². The van der Waals surface area contributed by atoms with Crippen LogP contribution in [0.15, 0.2) is 60.8 Å². The summed E-state index contributed by atoms with van der Waals surface area (Å²) >= 11 is 0. The highest BCUT2D eigenvalue weighted by molar-refractivity contribution is 5.76. The van der Waals surface area contributed by atoms with E-state index in [2.05, 4.69) is 16.0 Å². The van der Waals surface area contributed by atoms with Gasteiger partial charge < -0.3 is 29.6 Å². The molecule has 0 aliphatic carbocycles. The van der Waals surface area contributed by atoms with Crippen molar-refractivity contribution in [3.63, 3.8) is 0 Å². The standard InChI is InChI=1S/C26H28N4O4.C3H6O/c27-21-5-9-25(28-16-21)34-22-6-1-19(2-7-22)4-10-26(31)30-13-11-29(12-14-30)17-20-3-8-23-24(15-20)33-18-32-23;1-2-3-4/h1-3,5-9,15-16H,4,10-14,17-18,27H2;3H,2H2,1H3. The van der Waals surface area contributed by atoms with Gasteiger partial charge in [0.25, 0.3) is 0 Å². The number of nitrogens with zero attached hydrogens (tertiary/aromatic N) is 3. The molecule has 2 aromatic carbocycles. The van der Waals surface area contributed by atoms with Crippen LogP contribution in [0.1, 0.15) is 30.9 Å². The summed E-state index contributed by atoms with van der Waals surface area (Å²) in [6.45, 7) is 6.19. The molecule has 0 unspecified atom stereocenters. The Balaban J connectivity index is 0.000000786. The number of anilines is 1. The number of hydrogen-bond donors (Lipinski definition) is 1. The van der Waals surface area contributed by atoms with Crippen LogP contribution in [0.3, 0.4) is 0 Å². The number of aryl methyl sites for hydroxylation is 1. The number of piperazine rings is 1. The molecule has 38 heavy (non-hydrogen) atoms. The van der Waals surface area contributed by atoms with Gasteiger partial charge in [0.05, 0.1) is 11.9 Å². The molecule has 3 aromatic rings. The highest BCUT2D eigenvalue weighted by Gasteiger charge is 2.22. The molecule has 9 heteroatoms. The number of benzene rings is 2. The minimum atomic E-state index is 0.203. The zero-order valence-corrected chi connectivity index (χ0v) is 21.7. The molecule has 0 radical (unpaired) electrons. The largest absolute Gasteiger partial charge is 0.454 e. The molecule has 1 saturated heterocycles. The van der Waals surface area contributed by atoms with E-state index in [4.69, 9.17) is 19.9 Å². The van der Waals surface area contributed by atoms with Gasteiger partial charge in [-0.1, -0.05) is 25.1 Å². The van der Waals surface area contributed by atoms with Crippen LogP contribution in [0.4, 0.5) is 5.69 Å². The zero-order valence-electron chi connectivity index (χ0n) is 21.7. The normalized spacial score (nSPS) is 14.4.